The zero-order valence-electron chi connectivity index (χ0n) is 24.7. The molecule has 1 aromatic carbocycles. The Kier molecular flexibility index (Phi) is 7.27. The zero-order chi connectivity index (χ0) is 28.8. The van der Waals surface area contributed by atoms with E-state index in [1.54, 1.807) is 10.5 Å². The number of amides is 1. The predicted octanol–water partition coefficient (Wildman–Crippen LogP) is 3.68. The van der Waals surface area contributed by atoms with Crippen LogP contribution in [0.2, 0.25) is 0 Å². The number of anilines is 2. The van der Waals surface area contributed by atoms with E-state index in [2.05, 4.69) is 52.6 Å². The van der Waals surface area contributed by atoms with Gasteiger partial charge < -0.3 is 24.3 Å². The first-order chi connectivity index (χ1) is 20.5. The second-order valence-corrected chi connectivity index (χ2v) is 12.7. The van der Waals surface area contributed by atoms with E-state index in [1.165, 1.54) is 48.6 Å². The number of carbonyl (C=O) groups excluding carboxylic acids is 1. The molecule has 5 aliphatic rings. The molecule has 4 heterocycles. The minimum atomic E-state index is -0.209. The molecule has 42 heavy (non-hydrogen) atoms. The molecule has 0 bridgehead atoms. The number of nitriles is 1. The fraction of sp³-hybridized carbons (Fsp3) is 0.576. The van der Waals surface area contributed by atoms with E-state index < -0.39 is 0 Å². The van der Waals surface area contributed by atoms with Crippen LogP contribution in [0.3, 0.4) is 0 Å². The van der Waals surface area contributed by atoms with Crippen molar-refractivity contribution in [1.29, 1.82) is 5.26 Å². The first kappa shape index (κ1) is 27.2. The molecule has 2 aliphatic carbocycles. The molecule has 9 heteroatoms. The molecule has 3 aliphatic heterocycles. The van der Waals surface area contributed by atoms with Crippen molar-refractivity contribution in [3.05, 3.63) is 53.2 Å². The van der Waals surface area contributed by atoms with Crippen LogP contribution in [0.5, 0.6) is 6.01 Å². The molecule has 1 amide bonds. The maximum Gasteiger partial charge on any atom is 0.318 e. The van der Waals surface area contributed by atoms with E-state index >= 15 is 0 Å². The van der Waals surface area contributed by atoms with Crippen LogP contribution in [0.15, 0.2) is 30.9 Å². The van der Waals surface area contributed by atoms with Crippen molar-refractivity contribution in [2.45, 2.75) is 69.5 Å². The van der Waals surface area contributed by atoms with Crippen LogP contribution < -0.4 is 14.5 Å². The van der Waals surface area contributed by atoms with E-state index in [1.807, 2.05) is 0 Å². The fourth-order valence-corrected chi connectivity index (χ4v) is 7.80. The highest BCUT2D eigenvalue weighted by atomic mass is 16.5. The summed E-state index contributed by atoms with van der Waals surface area (Å²) in [4.78, 5) is 31.5. The number of nitrogens with zero attached hydrogens (tertiary/aromatic N) is 7. The Bertz CT molecular complexity index is 1420. The molecule has 4 atom stereocenters. The number of benzene rings is 1. The quantitative estimate of drug-likeness (QED) is 0.469. The van der Waals surface area contributed by atoms with Crippen molar-refractivity contribution in [1.82, 2.24) is 19.8 Å². The molecular weight excluding hydrogens is 526 g/mol. The Morgan fingerprint density at radius 1 is 1.14 bits per heavy atom. The summed E-state index contributed by atoms with van der Waals surface area (Å²) in [7, 11) is 2.16. The Morgan fingerprint density at radius 3 is 2.86 bits per heavy atom. The third kappa shape index (κ3) is 5.00. The van der Waals surface area contributed by atoms with Crippen molar-refractivity contribution in [3.63, 3.8) is 0 Å². The summed E-state index contributed by atoms with van der Waals surface area (Å²) in [5.74, 6) is 2.37. The van der Waals surface area contributed by atoms with Crippen molar-refractivity contribution < 1.29 is 9.53 Å². The Labute approximate surface area is 248 Å². The van der Waals surface area contributed by atoms with E-state index in [4.69, 9.17) is 14.7 Å². The summed E-state index contributed by atoms with van der Waals surface area (Å²) in [6, 6.07) is 9.74. The number of aromatic nitrogens is 2. The summed E-state index contributed by atoms with van der Waals surface area (Å²) in [5, 5.41) is 9.53. The lowest BCUT2D eigenvalue weighted by atomic mass is 9.89. The minimum Gasteiger partial charge on any atom is -0.462 e. The number of likely N-dealkylation sites (N-methyl/N-ethyl adjacent to an activating group) is 1. The fourth-order valence-electron chi connectivity index (χ4n) is 7.80. The lowest BCUT2D eigenvalue weighted by Crippen LogP contribution is -2.55. The number of aryl methyl sites for hydroxylation is 1. The Hall–Kier alpha value is -3.64. The van der Waals surface area contributed by atoms with E-state index in [0.717, 1.165) is 55.8 Å². The summed E-state index contributed by atoms with van der Waals surface area (Å²) in [6.07, 6.45) is 8.64. The molecule has 0 radical (unpaired) electrons. The predicted molar refractivity (Wildman–Crippen MR) is 162 cm³/mol. The SMILES string of the molecule is C=CC(=O)N1CCN(c2nc(OC[C@@H]3CCCN3C)nc3c2CCN(c2cccc4c2C2CC2CC4)C3)C[C@@H]1CC#N. The Balaban J connectivity index is 1.20. The molecular formula is C33H41N7O2. The molecule has 1 aromatic heterocycles. The van der Waals surface area contributed by atoms with Crippen molar-refractivity contribution >= 4 is 17.4 Å². The minimum absolute atomic E-state index is 0.121. The van der Waals surface area contributed by atoms with Gasteiger partial charge in [-0.25, -0.2) is 0 Å². The van der Waals surface area contributed by atoms with Gasteiger partial charge in [-0.3, -0.25) is 4.79 Å². The molecule has 0 N–H and O–H groups in total. The topological polar surface area (TPSA) is 88.8 Å². The average molecular weight is 568 g/mol. The number of ether oxygens (including phenoxy) is 1. The molecule has 7 rings (SSSR count). The van der Waals surface area contributed by atoms with Crippen LogP contribution in [-0.2, 0) is 24.2 Å². The molecule has 3 fully saturated rings. The van der Waals surface area contributed by atoms with Crippen LogP contribution in [0, 0.1) is 17.2 Å². The first-order valence-electron chi connectivity index (χ1n) is 15.7. The van der Waals surface area contributed by atoms with E-state index in [0.29, 0.717) is 38.3 Å². The summed E-state index contributed by atoms with van der Waals surface area (Å²) in [5.41, 5.74) is 6.69. The maximum atomic E-state index is 12.5. The lowest BCUT2D eigenvalue weighted by molar-refractivity contribution is -0.128. The highest BCUT2D eigenvalue weighted by Crippen LogP contribution is 2.57. The number of carbonyl (C=O) groups is 1. The third-order valence-corrected chi connectivity index (χ3v) is 10.3. The van der Waals surface area contributed by atoms with Crippen LogP contribution in [-0.4, -0.2) is 84.1 Å². The Morgan fingerprint density at radius 2 is 2.05 bits per heavy atom. The van der Waals surface area contributed by atoms with Crippen LogP contribution in [0.25, 0.3) is 0 Å². The maximum absolute atomic E-state index is 12.5. The highest BCUT2D eigenvalue weighted by molar-refractivity contribution is 5.87. The lowest BCUT2D eigenvalue weighted by Gasteiger charge is -2.42. The molecule has 2 saturated heterocycles. The van der Waals surface area contributed by atoms with Crippen LogP contribution in [0.4, 0.5) is 11.5 Å². The summed E-state index contributed by atoms with van der Waals surface area (Å²) < 4.78 is 6.33. The highest BCUT2D eigenvalue weighted by Gasteiger charge is 2.44. The van der Waals surface area contributed by atoms with Gasteiger partial charge in [0.25, 0.3) is 0 Å². The normalized spacial score (nSPS) is 26.6. The van der Waals surface area contributed by atoms with Crippen molar-refractivity contribution in [2.75, 3.05) is 56.2 Å². The van der Waals surface area contributed by atoms with Gasteiger partial charge in [-0.15, -0.1) is 0 Å². The van der Waals surface area contributed by atoms with Gasteiger partial charge in [-0.05, 0) is 87.2 Å². The number of hydrogen-bond acceptors (Lipinski definition) is 8. The average Bonchev–Trinajstić information content (AvgIpc) is 3.71. The van der Waals surface area contributed by atoms with Gasteiger partial charge in [0.1, 0.15) is 12.4 Å². The first-order valence-corrected chi connectivity index (χ1v) is 15.7. The van der Waals surface area contributed by atoms with Gasteiger partial charge >= 0.3 is 6.01 Å². The number of fused-ring (bicyclic) bond motifs is 4. The monoisotopic (exact) mass is 567 g/mol. The number of likely N-dealkylation sites (tertiary alicyclic amines) is 1. The molecule has 0 spiro atoms. The molecule has 220 valence electrons. The van der Waals surface area contributed by atoms with E-state index in [9.17, 15) is 10.1 Å². The largest absolute Gasteiger partial charge is 0.462 e. The second kappa shape index (κ2) is 11.2. The van der Waals surface area contributed by atoms with Gasteiger partial charge in [0.2, 0.25) is 5.91 Å². The zero-order valence-corrected chi connectivity index (χ0v) is 24.7. The molecule has 1 saturated carbocycles. The molecule has 2 unspecified atom stereocenters. The van der Waals surface area contributed by atoms with Crippen molar-refractivity contribution in [3.8, 4) is 12.1 Å². The number of hydrogen-bond donors (Lipinski definition) is 0. The van der Waals surface area contributed by atoms with Crippen molar-refractivity contribution in [2.24, 2.45) is 5.92 Å². The van der Waals surface area contributed by atoms with Gasteiger partial charge in [0.15, 0.2) is 0 Å². The molecule has 9 nitrogen and oxygen atoms in total. The van der Waals surface area contributed by atoms with E-state index in [-0.39, 0.29) is 18.4 Å². The van der Waals surface area contributed by atoms with Gasteiger partial charge in [-0.1, -0.05) is 18.7 Å². The van der Waals surface area contributed by atoms with Crippen LogP contribution >= 0.6 is 0 Å². The second-order valence-electron chi connectivity index (χ2n) is 12.7. The van der Waals surface area contributed by atoms with Gasteiger partial charge in [0.05, 0.1) is 30.8 Å². The van der Waals surface area contributed by atoms with Gasteiger partial charge in [-0.2, -0.15) is 15.2 Å². The summed E-state index contributed by atoms with van der Waals surface area (Å²) in [6.45, 7) is 8.72. The smallest absolute Gasteiger partial charge is 0.318 e. The van der Waals surface area contributed by atoms with Crippen LogP contribution in [0.1, 0.15) is 60.4 Å². The number of rotatable bonds is 7. The van der Waals surface area contributed by atoms with Gasteiger partial charge in [0, 0.05) is 43.5 Å². The summed E-state index contributed by atoms with van der Waals surface area (Å²) >= 11 is 0. The molecule has 2 aromatic rings. The third-order valence-electron chi connectivity index (χ3n) is 10.3. The standard InChI is InChI=1S/C33H41N7O2/c1-3-30(41)40-17-16-39(19-24(40)11-13-34)32-26-12-15-38(29-8-4-6-22-9-10-23-18-27(23)31(22)29)20-28(26)35-33(36-32)42-21-25-7-5-14-37(25)2/h3-4,6,8,23-25,27H,1,5,7,9-12,14-21H2,2H3/t23?,24-,25-,27?/m0/s1. The number of piperazine rings is 1.